The summed E-state index contributed by atoms with van der Waals surface area (Å²) < 4.78 is 4.54. The van der Waals surface area contributed by atoms with Gasteiger partial charge in [-0.1, -0.05) is 39.5 Å². The largest absolute Gasteiger partial charge is 0.343 e. The molecule has 0 unspecified atom stereocenters. The Kier molecular flexibility index (Phi) is 7.91. The number of ether oxygens (including phenoxy) is 1. The molecule has 5 nitrogen and oxygen atoms in total. The van der Waals surface area contributed by atoms with Crippen LogP contribution in [0.3, 0.4) is 0 Å². The third-order valence-corrected chi connectivity index (χ3v) is 2.54. The predicted octanol–water partition coefficient (Wildman–Crippen LogP) is 1.44. The Morgan fingerprint density at radius 3 is 1.35 bits per heavy atom. The van der Waals surface area contributed by atoms with Crippen molar-refractivity contribution in [1.29, 1.82) is 0 Å². The molecule has 0 bridgehead atoms. The fourth-order valence-corrected chi connectivity index (χ4v) is 1.57. The topological polar surface area (TPSA) is 90.2 Å². The lowest BCUT2D eigenvalue weighted by Gasteiger charge is -2.30. The molecular weight excluding hydrogens is 224 g/mol. The van der Waals surface area contributed by atoms with Crippen molar-refractivity contribution in [2.24, 2.45) is 0 Å². The van der Waals surface area contributed by atoms with Crippen LogP contribution in [-0.4, -0.2) is 32.4 Å². The van der Waals surface area contributed by atoms with Crippen molar-refractivity contribution in [3.63, 3.8) is 0 Å². The van der Waals surface area contributed by atoms with Crippen LogP contribution in [0.1, 0.15) is 65.2 Å². The zero-order valence-electron chi connectivity index (χ0n) is 10.9. The van der Waals surface area contributed by atoms with Crippen LogP contribution in [0.2, 0.25) is 0 Å². The van der Waals surface area contributed by atoms with E-state index in [1.807, 2.05) is 13.8 Å². The zero-order valence-corrected chi connectivity index (χ0v) is 10.9. The van der Waals surface area contributed by atoms with E-state index in [2.05, 4.69) is 4.74 Å². The van der Waals surface area contributed by atoms with Gasteiger partial charge in [0.1, 0.15) is 0 Å². The first-order valence-corrected chi connectivity index (χ1v) is 6.42. The fourth-order valence-electron chi connectivity index (χ4n) is 1.57. The third-order valence-electron chi connectivity index (χ3n) is 2.54. The Bertz CT molecular complexity index is 171. The lowest BCUT2D eigenvalue weighted by atomic mass is 10.1. The van der Waals surface area contributed by atoms with E-state index < -0.39 is 11.9 Å². The van der Waals surface area contributed by atoms with Crippen LogP contribution in [0.5, 0.6) is 0 Å². The summed E-state index contributed by atoms with van der Waals surface area (Å²) in [6.45, 7) is 3.98. The molecule has 5 heteroatoms. The van der Waals surface area contributed by atoms with Gasteiger partial charge in [-0.3, -0.25) is 4.74 Å². The highest BCUT2D eigenvalue weighted by Crippen LogP contribution is 2.22. The molecule has 0 aromatic rings. The van der Waals surface area contributed by atoms with Crippen molar-refractivity contribution in [2.45, 2.75) is 77.2 Å². The zero-order chi connectivity index (χ0) is 13.4. The first-order chi connectivity index (χ1) is 7.83. The number of unbranched alkanes of at least 4 members (excludes halogenated alkanes) is 4. The van der Waals surface area contributed by atoms with Crippen LogP contribution in [0.15, 0.2) is 0 Å². The number of hydrogen-bond donors (Lipinski definition) is 4. The van der Waals surface area contributed by atoms with Crippen LogP contribution in [0, 0.1) is 0 Å². The van der Waals surface area contributed by atoms with Crippen LogP contribution in [-0.2, 0) is 4.74 Å². The van der Waals surface area contributed by atoms with Crippen LogP contribution in [0.4, 0.5) is 0 Å². The SMILES string of the molecule is CCCCCC(O)(O)OC(O)(O)CCCCC. The minimum Gasteiger partial charge on any atom is -0.343 e. The van der Waals surface area contributed by atoms with E-state index in [1.165, 1.54) is 0 Å². The average Bonchev–Trinajstić information content (AvgIpc) is 2.16. The highest BCUT2D eigenvalue weighted by atomic mass is 16.9. The normalized spacial score (nSPS) is 13.1. The van der Waals surface area contributed by atoms with Gasteiger partial charge in [-0.15, -0.1) is 0 Å². The van der Waals surface area contributed by atoms with E-state index in [4.69, 9.17) is 0 Å². The Hall–Kier alpha value is -0.200. The highest BCUT2D eigenvalue weighted by Gasteiger charge is 2.36. The van der Waals surface area contributed by atoms with Gasteiger partial charge in [0.15, 0.2) is 0 Å². The fraction of sp³-hybridized carbons (Fsp3) is 1.00. The monoisotopic (exact) mass is 250 g/mol. The Balaban J connectivity index is 3.99. The average molecular weight is 250 g/mol. The van der Waals surface area contributed by atoms with Gasteiger partial charge in [-0.25, -0.2) is 0 Å². The molecule has 0 heterocycles. The smallest absolute Gasteiger partial charge is 0.282 e. The molecule has 0 aromatic carbocycles. The van der Waals surface area contributed by atoms with E-state index in [1.54, 1.807) is 0 Å². The molecule has 0 atom stereocenters. The quantitative estimate of drug-likeness (QED) is 0.348. The Morgan fingerprint density at radius 1 is 0.706 bits per heavy atom. The van der Waals surface area contributed by atoms with E-state index >= 15 is 0 Å². The maximum absolute atomic E-state index is 9.45. The summed E-state index contributed by atoms with van der Waals surface area (Å²) in [5.74, 6) is -4.93. The molecule has 0 amide bonds. The van der Waals surface area contributed by atoms with Gasteiger partial charge in [-0.05, 0) is 12.8 Å². The van der Waals surface area contributed by atoms with Gasteiger partial charge >= 0.3 is 0 Å². The number of hydrogen-bond acceptors (Lipinski definition) is 5. The summed E-state index contributed by atoms with van der Waals surface area (Å²) in [5, 5.41) is 37.8. The van der Waals surface area contributed by atoms with Crippen molar-refractivity contribution < 1.29 is 25.2 Å². The molecule has 0 rings (SSSR count). The predicted molar refractivity (Wildman–Crippen MR) is 63.7 cm³/mol. The summed E-state index contributed by atoms with van der Waals surface area (Å²) in [4.78, 5) is 0. The summed E-state index contributed by atoms with van der Waals surface area (Å²) in [7, 11) is 0. The van der Waals surface area contributed by atoms with Gasteiger partial charge < -0.3 is 20.4 Å². The lowest BCUT2D eigenvalue weighted by molar-refractivity contribution is -0.473. The summed E-state index contributed by atoms with van der Waals surface area (Å²) in [6, 6.07) is 0. The molecule has 0 saturated heterocycles. The van der Waals surface area contributed by atoms with Crippen molar-refractivity contribution >= 4 is 0 Å². The van der Waals surface area contributed by atoms with Gasteiger partial charge in [0.2, 0.25) is 0 Å². The molecule has 104 valence electrons. The van der Waals surface area contributed by atoms with Crippen molar-refractivity contribution in [3.05, 3.63) is 0 Å². The third kappa shape index (κ3) is 9.50. The lowest BCUT2D eigenvalue weighted by Crippen LogP contribution is -2.44. The Morgan fingerprint density at radius 2 is 1.06 bits per heavy atom. The van der Waals surface area contributed by atoms with E-state index in [0.29, 0.717) is 12.8 Å². The van der Waals surface area contributed by atoms with Gasteiger partial charge in [0, 0.05) is 12.8 Å². The standard InChI is InChI=1S/C12H26O5/c1-3-5-7-9-11(13,14)17-12(15,16)10-8-6-4-2/h13-16H,3-10H2,1-2H3. The molecule has 0 aliphatic heterocycles. The number of aliphatic hydroxyl groups is 4. The maximum atomic E-state index is 9.45. The second-order valence-electron chi connectivity index (χ2n) is 4.50. The van der Waals surface area contributed by atoms with Crippen LogP contribution in [0.25, 0.3) is 0 Å². The summed E-state index contributed by atoms with van der Waals surface area (Å²) in [6.07, 6.45) is 4.63. The maximum Gasteiger partial charge on any atom is 0.282 e. The summed E-state index contributed by atoms with van der Waals surface area (Å²) >= 11 is 0. The highest BCUT2D eigenvalue weighted by molar-refractivity contribution is 4.59. The first-order valence-electron chi connectivity index (χ1n) is 6.42. The van der Waals surface area contributed by atoms with E-state index in [-0.39, 0.29) is 12.8 Å². The summed E-state index contributed by atoms with van der Waals surface area (Å²) in [5.41, 5.74) is 0. The van der Waals surface area contributed by atoms with Crippen molar-refractivity contribution in [3.8, 4) is 0 Å². The van der Waals surface area contributed by atoms with Crippen molar-refractivity contribution in [1.82, 2.24) is 0 Å². The molecule has 0 aromatic heterocycles. The molecule has 0 radical (unpaired) electrons. The Labute approximate surface area is 103 Å². The molecule has 0 aliphatic rings. The van der Waals surface area contributed by atoms with Crippen LogP contribution < -0.4 is 0 Å². The van der Waals surface area contributed by atoms with Gasteiger partial charge in [-0.2, -0.15) is 0 Å². The molecule has 0 fully saturated rings. The molecule has 0 aliphatic carbocycles. The molecular formula is C12H26O5. The van der Waals surface area contributed by atoms with Crippen molar-refractivity contribution in [2.75, 3.05) is 0 Å². The second-order valence-corrected chi connectivity index (χ2v) is 4.50. The van der Waals surface area contributed by atoms with E-state index in [0.717, 1.165) is 25.7 Å². The minimum atomic E-state index is -2.47. The number of rotatable bonds is 10. The molecule has 0 saturated carbocycles. The van der Waals surface area contributed by atoms with E-state index in [9.17, 15) is 20.4 Å². The molecule has 17 heavy (non-hydrogen) atoms. The van der Waals surface area contributed by atoms with Gasteiger partial charge in [0.25, 0.3) is 11.9 Å². The first kappa shape index (κ1) is 16.8. The van der Waals surface area contributed by atoms with Gasteiger partial charge in [0.05, 0.1) is 0 Å². The minimum absolute atomic E-state index is 0.0303. The van der Waals surface area contributed by atoms with Crippen LogP contribution >= 0.6 is 0 Å². The molecule has 0 spiro atoms. The second kappa shape index (κ2) is 8.00. The molecule has 4 N–H and O–H groups in total.